The molecule has 1 atom stereocenters. The van der Waals surface area contributed by atoms with Gasteiger partial charge in [-0.05, 0) is 50.5 Å². The van der Waals surface area contributed by atoms with Gasteiger partial charge in [-0.1, -0.05) is 0 Å². The molecule has 3 nitrogen and oxygen atoms in total. The van der Waals surface area contributed by atoms with Crippen molar-refractivity contribution in [3.05, 3.63) is 36.2 Å². The van der Waals surface area contributed by atoms with E-state index in [9.17, 15) is 0 Å². The summed E-state index contributed by atoms with van der Waals surface area (Å²) in [4.78, 5) is 4.60. The summed E-state index contributed by atoms with van der Waals surface area (Å²) in [6.07, 6.45) is 5.68. The molecule has 0 saturated heterocycles. The van der Waals surface area contributed by atoms with Crippen LogP contribution in [0.4, 0.5) is 0 Å². The Morgan fingerprint density at radius 1 is 1.28 bits per heavy atom. The van der Waals surface area contributed by atoms with Crippen LogP contribution in [0.1, 0.15) is 31.5 Å². The van der Waals surface area contributed by atoms with Crippen molar-refractivity contribution in [2.45, 2.75) is 32.2 Å². The minimum Gasteiger partial charge on any atom is -0.497 e. The van der Waals surface area contributed by atoms with Crippen LogP contribution < -0.4 is 4.74 Å². The zero-order valence-electron chi connectivity index (χ0n) is 10.9. The minimum atomic E-state index is 0.549. The number of hydrogen-bond acceptors (Lipinski definition) is 2. The molecule has 0 bridgehead atoms. The Balaban J connectivity index is 2.03. The number of imidazole rings is 1. The molecule has 1 aliphatic heterocycles. The Morgan fingerprint density at radius 2 is 2.06 bits per heavy atom. The van der Waals surface area contributed by atoms with Gasteiger partial charge in [0, 0.05) is 23.5 Å². The van der Waals surface area contributed by atoms with Crippen LogP contribution in [0.3, 0.4) is 0 Å². The lowest BCUT2D eigenvalue weighted by Crippen LogP contribution is -2.15. The second kappa shape index (κ2) is 4.48. The summed E-state index contributed by atoms with van der Waals surface area (Å²) in [5, 5.41) is 0. The molecule has 1 aromatic carbocycles. The van der Waals surface area contributed by atoms with Crippen LogP contribution in [0, 0.1) is 0 Å². The highest BCUT2D eigenvalue weighted by molar-refractivity contribution is 5.57. The second-order valence-electron chi connectivity index (χ2n) is 4.91. The van der Waals surface area contributed by atoms with Crippen molar-refractivity contribution in [2.24, 2.45) is 0 Å². The smallest absolute Gasteiger partial charge is 0.140 e. The largest absolute Gasteiger partial charge is 0.497 e. The van der Waals surface area contributed by atoms with E-state index in [4.69, 9.17) is 4.74 Å². The Bertz CT molecular complexity index is 542. The molecule has 0 aliphatic carbocycles. The fourth-order valence-electron chi connectivity index (χ4n) is 2.73. The number of benzene rings is 1. The number of rotatable bonds is 2. The monoisotopic (exact) mass is 242 g/mol. The average Bonchev–Trinajstić information content (AvgIpc) is 2.84. The summed E-state index contributed by atoms with van der Waals surface area (Å²) in [6, 6.07) is 8.69. The molecule has 0 radical (unpaired) electrons. The first kappa shape index (κ1) is 11.3. The normalized spacial score (nSPS) is 18.4. The van der Waals surface area contributed by atoms with Crippen LogP contribution in [-0.2, 0) is 6.42 Å². The van der Waals surface area contributed by atoms with E-state index in [1.165, 1.54) is 18.5 Å². The molecule has 1 aromatic heterocycles. The van der Waals surface area contributed by atoms with Gasteiger partial charge < -0.3 is 9.30 Å². The zero-order chi connectivity index (χ0) is 12.5. The molecule has 0 saturated carbocycles. The van der Waals surface area contributed by atoms with E-state index in [1.807, 2.05) is 18.3 Å². The van der Waals surface area contributed by atoms with Crippen LogP contribution in [0.5, 0.6) is 5.75 Å². The molecule has 0 fully saturated rings. The van der Waals surface area contributed by atoms with E-state index < -0.39 is 0 Å². The number of aromatic nitrogens is 2. The van der Waals surface area contributed by atoms with Crippen molar-refractivity contribution >= 4 is 0 Å². The first-order valence-corrected chi connectivity index (χ1v) is 6.50. The Morgan fingerprint density at radius 3 is 2.78 bits per heavy atom. The van der Waals surface area contributed by atoms with Crippen LogP contribution >= 0.6 is 0 Å². The number of nitrogens with zero attached hydrogens (tertiary/aromatic N) is 2. The van der Waals surface area contributed by atoms with Gasteiger partial charge in [-0.15, -0.1) is 0 Å². The van der Waals surface area contributed by atoms with Crippen molar-refractivity contribution in [1.82, 2.24) is 9.55 Å². The fourth-order valence-corrected chi connectivity index (χ4v) is 2.73. The number of hydrogen-bond donors (Lipinski definition) is 0. The van der Waals surface area contributed by atoms with Gasteiger partial charge in [0.2, 0.25) is 0 Å². The maximum absolute atomic E-state index is 5.19. The van der Waals surface area contributed by atoms with Gasteiger partial charge in [0.25, 0.3) is 0 Å². The Hall–Kier alpha value is -1.77. The fraction of sp³-hybridized carbons (Fsp3) is 0.400. The van der Waals surface area contributed by atoms with Gasteiger partial charge in [0.05, 0.1) is 7.11 Å². The first-order chi connectivity index (χ1) is 8.79. The van der Waals surface area contributed by atoms with Crippen LogP contribution in [0.15, 0.2) is 30.5 Å². The molecular formula is C15H18N2O. The summed E-state index contributed by atoms with van der Waals surface area (Å²) in [6.45, 7) is 2.28. The number of fused-ring (bicyclic) bond motifs is 1. The van der Waals surface area contributed by atoms with Crippen LogP contribution in [0.2, 0.25) is 0 Å². The predicted octanol–water partition coefficient (Wildman–Crippen LogP) is 3.46. The maximum atomic E-state index is 5.19. The van der Waals surface area contributed by atoms with E-state index in [0.29, 0.717) is 6.04 Å². The lowest BCUT2D eigenvalue weighted by atomic mass is 10.0. The minimum absolute atomic E-state index is 0.549. The summed E-state index contributed by atoms with van der Waals surface area (Å²) in [7, 11) is 1.69. The molecule has 18 heavy (non-hydrogen) atoms. The van der Waals surface area contributed by atoms with E-state index in [2.05, 4.69) is 28.6 Å². The van der Waals surface area contributed by atoms with Gasteiger partial charge in [-0.2, -0.15) is 0 Å². The van der Waals surface area contributed by atoms with Crippen molar-refractivity contribution < 1.29 is 4.74 Å². The van der Waals surface area contributed by atoms with E-state index in [0.717, 1.165) is 23.6 Å². The van der Waals surface area contributed by atoms with E-state index in [-0.39, 0.29) is 0 Å². The third-order valence-corrected chi connectivity index (χ3v) is 3.72. The van der Waals surface area contributed by atoms with Gasteiger partial charge in [0.15, 0.2) is 0 Å². The van der Waals surface area contributed by atoms with Gasteiger partial charge >= 0.3 is 0 Å². The Kier molecular flexibility index (Phi) is 2.82. The molecular weight excluding hydrogens is 224 g/mol. The predicted molar refractivity (Wildman–Crippen MR) is 71.9 cm³/mol. The lowest BCUT2D eigenvalue weighted by molar-refractivity contribution is 0.414. The molecule has 1 unspecified atom stereocenters. The highest BCUT2D eigenvalue weighted by Gasteiger charge is 2.20. The molecule has 0 amide bonds. The highest BCUT2D eigenvalue weighted by atomic mass is 16.5. The summed E-state index contributed by atoms with van der Waals surface area (Å²) < 4.78 is 7.57. The van der Waals surface area contributed by atoms with Crippen molar-refractivity contribution in [2.75, 3.05) is 7.11 Å². The SMILES string of the molecule is COc1ccc(-c2ncc3n2C(C)CCC3)cc1. The van der Waals surface area contributed by atoms with Gasteiger partial charge in [-0.25, -0.2) is 4.98 Å². The zero-order valence-corrected chi connectivity index (χ0v) is 10.9. The van der Waals surface area contributed by atoms with Crippen molar-refractivity contribution in [3.8, 4) is 17.1 Å². The van der Waals surface area contributed by atoms with E-state index in [1.54, 1.807) is 7.11 Å². The van der Waals surface area contributed by atoms with E-state index >= 15 is 0 Å². The second-order valence-corrected chi connectivity index (χ2v) is 4.91. The van der Waals surface area contributed by atoms with Gasteiger partial charge in [0.1, 0.15) is 11.6 Å². The molecule has 0 N–H and O–H groups in total. The number of ether oxygens (including phenoxy) is 1. The van der Waals surface area contributed by atoms with Gasteiger partial charge in [-0.3, -0.25) is 0 Å². The number of aryl methyl sites for hydroxylation is 1. The van der Waals surface area contributed by atoms with Crippen LogP contribution in [-0.4, -0.2) is 16.7 Å². The summed E-state index contributed by atoms with van der Waals surface area (Å²) >= 11 is 0. The molecule has 3 rings (SSSR count). The first-order valence-electron chi connectivity index (χ1n) is 6.50. The molecule has 2 aromatic rings. The molecule has 2 heterocycles. The quantitative estimate of drug-likeness (QED) is 0.806. The molecule has 94 valence electrons. The van der Waals surface area contributed by atoms with Crippen molar-refractivity contribution in [3.63, 3.8) is 0 Å². The third kappa shape index (κ3) is 1.80. The standard InChI is InChI=1S/C15H18N2O/c1-11-4-3-5-13-10-16-15(17(11)13)12-6-8-14(18-2)9-7-12/h6-11H,3-5H2,1-2H3. The van der Waals surface area contributed by atoms with Crippen LogP contribution in [0.25, 0.3) is 11.4 Å². The van der Waals surface area contributed by atoms with Crippen molar-refractivity contribution in [1.29, 1.82) is 0 Å². The number of methoxy groups -OCH3 is 1. The third-order valence-electron chi connectivity index (χ3n) is 3.72. The topological polar surface area (TPSA) is 27.1 Å². The Labute approximate surface area is 107 Å². The summed E-state index contributed by atoms with van der Waals surface area (Å²) in [5.74, 6) is 1.97. The maximum Gasteiger partial charge on any atom is 0.140 e. The molecule has 0 spiro atoms. The average molecular weight is 242 g/mol. The molecule has 1 aliphatic rings. The summed E-state index contributed by atoms with van der Waals surface area (Å²) in [5.41, 5.74) is 2.52. The molecule has 3 heteroatoms. The highest BCUT2D eigenvalue weighted by Crippen LogP contribution is 2.31. The lowest BCUT2D eigenvalue weighted by Gasteiger charge is -2.24.